The Balaban J connectivity index is 3.23. The van der Waals surface area contributed by atoms with Crippen LogP contribution in [0, 0.1) is 4.91 Å². The minimum absolute atomic E-state index is 0.444. The van der Waals surface area contributed by atoms with Crippen LogP contribution in [-0.4, -0.2) is 0 Å². The molecule has 0 atom stereocenters. The maximum absolute atomic E-state index is 10.2. The minimum atomic E-state index is 0.444. The third-order valence-electron chi connectivity index (χ3n) is 1.55. The summed E-state index contributed by atoms with van der Waals surface area (Å²) in [5.41, 5.74) is 1.27. The van der Waals surface area contributed by atoms with Crippen molar-refractivity contribution in [3.05, 3.63) is 33.7 Å². The number of halogens is 1. The van der Waals surface area contributed by atoms with Crippen LogP contribution < -0.4 is 0 Å². The summed E-state index contributed by atoms with van der Waals surface area (Å²) in [5, 5.41) is 3.48. The molecule has 0 heterocycles. The summed E-state index contributed by atoms with van der Waals surface area (Å²) < 4.78 is 0. The van der Waals surface area contributed by atoms with Gasteiger partial charge in [0.2, 0.25) is 0 Å². The van der Waals surface area contributed by atoms with E-state index in [0.717, 1.165) is 12.0 Å². The molecule has 0 bridgehead atoms. The highest BCUT2D eigenvalue weighted by Gasteiger charge is 2.03. The van der Waals surface area contributed by atoms with Crippen molar-refractivity contribution in [1.82, 2.24) is 0 Å². The Kier molecular flexibility index (Phi) is 2.60. The Morgan fingerprint density at radius 1 is 1.55 bits per heavy atom. The standard InChI is InChI=1S/C8H8ClNO/c1-2-6-7(9)4-3-5-8(6)10-11/h3-5H,2H2,1H3. The minimum Gasteiger partial charge on any atom is -0.145 e. The Morgan fingerprint density at radius 2 is 2.27 bits per heavy atom. The molecule has 0 fully saturated rings. The first kappa shape index (κ1) is 8.21. The van der Waals surface area contributed by atoms with E-state index >= 15 is 0 Å². The Bertz CT molecular complexity index is 273. The highest BCUT2D eigenvalue weighted by molar-refractivity contribution is 6.31. The zero-order valence-corrected chi connectivity index (χ0v) is 6.93. The van der Waals surface area contributed by atoms with E-state index in [0.29, 0.717) is 10.7 Å². The molecule has 1 aromatic carbocycles. The lowest BCUT2D eigenvalue weighted by atomic mass is 10.1. The quantitative estimate of drug-likeness (QED) is 0.625. The fraction of sp³-hybridized carbons (Fsp3) is 0.250. The van der Waals surface area contributed by atoms with Gasteiger partial charge in [-0.1, -0.05) is 24.6 Å². The SMILES string of the molecule is CCc1c(Cl)cccc1N=O. The van der Waals surface area contributed by atoms with E-state index in [9.17, 15) is 4.91 Å². The monoisotopic (exact) mass is 169 g/mol. The average Bonchev–Trinajstić information content (AvgIpc) is 2.04. The van der Waals surface area contributed by atoms with Gasteiger partial charge in [0, 0.05) is 5.02 Å². The summed E-state index contributed by atoms with van der Waals surface area (Å²) in [6.07, 6.45) is 0.737. The number of rotatable bonds is 2. The molecule has 0 aromatic heterocycles. The molecule has 0 saturated heterocycles. The highest BCUT2D eigenvalue weighted by atomic mass is 35.5. The lowest BCUT2D eigenvalue weighted by Gasteiger charge is -2.00. The number of nitroso groups, excluding NO2 is 1. The molecule has 0 radical (unpaired) electrons. The van der Waals surface area contributed by atoms with E-state index in [4.69, 9.17) is 11.6 Å². The van der Waals surface area contributed by atoms with Crippen molar-refractivity contribution in [3.8, 4) is 0 Å². The van der Waals surface area contributed by atoms with Crippen LogP contribution >= 0.6 is 11.6 Å². The molecule has 0 unspecified atom stereocenters. The van der Waals surface area contributed by atoms with Gasteiger partial charge in [0.1, 0.15) is 5.69 Å². The van der Waals surface area contributed by atoms with Gasteiger partial charge in [-0.15, -0.1) is 4.91 Å². The second kappa shape index (κ2) is 3.49. The molecule has 58 valence electrons. The Hall–Kier alpha value is -0.890. The number of hydrogen-bond donors (Lipinski definition) is 0. The van der Waals surface area contributed by atoms with Gasteiger partial charge in [0.15, 0.2) is 0 Å². The predicted molar refractivity (Wildman–Crippen MR) is 46.3 cm³/mol. The Morgan fingerprint density at radius 3 is 2.73 bits per heavy atom. The number of benzene rings is 1. The van der Waals surface area contributed by atoms with Gasteiger partial charge < -0.3 is 0 Å². The van der Waals surface area contributed by atoms with E-state index in [1.807, 2.05) is 6.92 Å². The van der Waals surface area contributed by atoms with Crippen molar-refractivity contribution < 1.29 is 0 Å². The first-order valence-corrected chi connectivity index (χ1v) is 3.78. The summed E-state index contributed by atoms with van der Waals surface area (Å²) in [5.74, 6) is 0. The van der Waals surface area contributed by atoms with Crippen molar-refractivity contribution in [2.24, 2.45) is 5.18 Å². The zero-order valence-electron chi connectivity index (χ0n) is 6.17. The van der Waals surface area contributed by atoms with Gasteiger partial charge in [-0.2, -0.15) is 0 Å². The van der Waals surface area contributed by atoms with Crippen LogP contribution in [0.5, 0.6) is 0 Å². The maximum atomic E-state index is 10.2. The van der Waals surface area contributed by atoms with E-state index in [2.05, 4.69) is 5.18 Å². The molecule has 0 aliphatic carbocycles. The van der Waals surface area contributed by atoms with Gasteiger partial charge in [-0.25, -0.2) is 0 Å². The van der Waals surface area contributed by atoms with Crippen LogP contribution in [0.15, 0.2) is 23.4 Å². The van der Waals surface area contributed by atoms with Crippen LogP contribution in [0.1, 0.15) is 12.5 Å². The van der Waals surface area contributed by atoms with Crippen LogP contribution in [0.4, 0.5) is 5.69 Å². The lowest BCUT2D eigenvalue weighted by molar-refractivity contribution is 1.13. The molecule has 0 aliphatic heterocycles. The van der Waals surface area contributed by atoms with Crippen LogP contribution in [-0.2, 0) is 6.42 Å². The Labute approximate surface area is 70.2 Å². The second-order valence-electron chi connectivity index (χ2n) is 2.18. The van der Waals surface area contributed by atoms with Gasteiger partial charge >= 0.3 is 0 Å². The van der Waals surface area contributed by atoms with Crippen molar-refractivity contribution in [1.29, 1.82) is 0 Å². The summed E-state index contributed by atoms with van der Waals surface area (Å²) in [6.45, 7) is 1.94. The molecule has 0 spiro atoms. The van der Waals surface area contributed by atoms with Crippen molar-refractivity contribution in [2.45, 2.75) is 13.3 Å². The molecule has 1 rings (SSSR count). The third kappa shape index (κ3) is 1.57. The fourth-order valence-corrected chi connectivity index (χ4v) is 1.29. The summed E-state index contributed by atoms with van der Waals surface area (Å²) >= 11 is 5.81. The van der Waals surface area contributed by atoms with E-state index in [-0.39, 0.29) is 0 Å². The van der Waals surface area contributed by atoms with E-state index < -0.39 is 0 Å². The molecule has 0 saturated carbocycles. The second-order valence-corrected chi connectivity index (χ2v) is 2.59. The smallest absolute Gasteiger partial charge is 0.112 e. The van der Waals surface area contributed by atoms with Crippen LogP contribution in [0.2, 0.25) is 5.02 Å². The highest BCUT2D eigenvalue weighted by Crippen LogP contribution is 2.26. The van der Waals surface area contributed by atoms with Crippen molar-refractivity contribution in [2.75, 3.05) is 0 Å². The molecule has 1 aromatic rings. The van der Waals surface area contributed by atoms with Crippen molar-refractivity contribution >= 4 is 17.3 Å². The van der Waals surface area contributed by atoms with Crippen molar-refractivity contribution in [3.63, 3.8) is 0 Å². The molecule has 0 amide bonds. The molecular formula is C8H8ClNO. The topological polar surface area (TPSA) is 29.4 Å². The van der Waals surface area contributed by atoms with E-state index in [1.54, 1.807) is 18.2 Å². The number of nitrogens with zero attached hydrogens (tertiary/aromatic N) is 1. The third-order valence-corrected chi connectivity index (χ3v) is 1.90. The zero-order chi connectivity index (χ0) is 8.27. The average molecular weight is 170 g/mol. The molecule has 0 aliphatic rings. The van der Waals surface area contributed by atoms with Gasteiger partial charge in [0.05, 0.1) is 0 Å². The summed E-state index contributed by atoms with van der Waals surface area (Å²) in [4.78, 5) is 10.2. The first-order valence-electron chi connectivity index (χ1n) is 3.40. The lowest BCUT2D eigenvalue weighted by Crippen LogP contribution is -1.81. The largest absolute Gasteiger partial charge is 0.145 e. The number of hydrogen-bond acceptors (Lipinski definition) is 2. The van der Waals surface area contributed by atoms with Gasteiger partial charge in [0.25, 0.3) is 0 Å². The van der Waals surface area contributed by atoms with Gasteiger partial charge in [-0.3, -0.25) is 0 Å². The first-order chi connectivity index (χ1) is 5.29. The summed E-state index contributed by atoms with van der Waals surface area (Å²) in [6, 6.07) is 5.14. The predicted octanol–water partition coefficient (Wildman–Crippen LogP) is 3.30. The van der Waals surface area contributed by atoms with Gasteiger partial charge in [-0.05, 0) is 29.3 Å². The summed E-state index contributed by atoms with van der Waals surface area (Å²) in [7, 11) is 0. The van der Waals surface area contributed by atoms with Crippen LogP contribution in [0.25, 0.3) is 0 Å². The maximum Gasteiger partial charge on any atom is 0.112 e. The fourth-order valence-electron chi connectivity index (χ4n) is 0.983. The molecular weight excluding hydrogens is 162 g/mol. The molecule has 11 heavy (non-hydrogen) atoms. The van der Waals surface area contributed by atoms with E-state index in [1.165, 1.54) is 0 Å². The molecule has 0 N–H and O–H groups in total. The van der Waals surface area contributed by atoms with Crippen LogP contribution in [0.3, 0.4) is 0 Å². The molecule has 3 heteroatoms. The normalized spacial score (nSPS) is 9.64. The molecule has 2 nitrogen and oxygen atoms in total.